The highest BCUT2D eigenvalue weighted by molar-refractivity contribution is 5.61. The number of benzene rings is 3. The number of halogens is 3. The van der Waals surface area contributed by atoms with E-state index in [0.29, 0.717) is 17.1 Å². The lowest BCUT2D eigenvalue weighted by Crippen LogP contribution is -2.05. The van der Waals surface area contributed by atoms with Gasteiger partial charge in [-0.1, -0.05) is 24.3 Å². The predicted molar refractivity (Wildman–Crippen MR) is 87.7 cm³/mol. The molecular formula is C19H14F3NO. The molecule has 3 aromatic carbocycles. The summed E-state index contributed by atoms with van der Waals surface area (Å²) >= 11 is 0. The number of alkyl halides is 3. The molecule has 0 spiro atoms. The van der Waals surface area contributed by atoms with Gasteiger partial charge in [0.1, 0.15) is 11.5 Å². The van der Waals surface area contributed by atoms with E-state index in [2.05, 4.69) is 5.32 Å². The van der Waals surface area contributed by atoms with E-state index < -0.39 is 11.7 Å². The first kappa shape index (κ1) is 15.9. The maximum absolute atomic E-state index is 12.7. The van der Waals surface area contributed by atoms with Crippen LogP contribution in [0, 0.1) is 0 Å². The highest BCUT2D eigenvalue weighted by atomic mass is 19.4. The van der Waals surface area contributed by atoms with Crippen molar-refractivity contribution in [3.05, 3.63) is 84.4 Å². The van der Waals surface area contributed by atoms with Gasteiger partial charge >= 0.3 is 6.18 Å². The summed E-state index contributed by atoms with van der Waals surface area (Å²) < 4.78 is 43.8. The molecule has 0 atom stereocenters. The topological polar surface area (TPSA) is 21.3 Å². The molecule has 24 heavy (non-hydrogen) atoms. The summed E-state index contributed by atoms with van der Waals surface area (Å²) in [7, 11) is 0. The van der Waals surface area contributed by atoms with Gasteiger partial charge in [-0.15, -0.1) is 0 Å². The largest absolute Gasteiger partial charge is 0.457 e. The second-order valence-corrected chi connectivity index (χ2v) is 5.14. The van der Waals surface area contributed by atoms with Crippen LogP contribution in [0.4, 0.5) is 24.5 Å². The Labute approximate surface area is 137 Å². The van der Waals surface area contributed by atoms with Crippen molar-refractivity contribution in [3.8, 4) is 11.5 Å². The van der Waals surface area contributed by atoms with Gasteiger partial charge in [-0.3, -0.25) is 0 Å². The van der Waals surface area contributed by atoms with Gasteiger partial charge in [0.15, 0.2) is 0 Å². The third-order valence-corrected chi connectivity index (χ3v) is 3.31. The molecule has 0 amide bonds. The van der Waals surface area contributed by atoms with Crippen molar-refractivity contribution in [2.75, 3.05) is 5.32 Å². The number of nitrogens with one attached hydrogen (secondary N) is 1. The van der Waals surface area contributed by atoms with Gasteiger partial charge in [-0.25, -0.2) is 0 Å². The number of rotatable bonds is 4. The number of para-hydroxylation sites is 1. The molecule has 0 radical (unpaired) electrons. The van der Waals surface area contributed by atoms with Crippen LogP contribution < -0.4 is 10.1 Å². The molecule has 0 aliphatic rings. The minimum atomic E-state index is -4.36. The maximum Gasteiger partial charge on any atom is 0.416 e. The number of hydrogen-bond donors (Lipinski definition) is 1. The lowest BCUT2D eigenvalue weighted by atomic mass is 10.2. The van der Waals surface area contributed by atoms with Crippen molar-refractivity contribution >= 4 is 11.4 Å². The normalized spacial score (nSPS) is 11.1. The molecule has 2 nitrogen and oxygen atoms in total. The molecule has 0 unspecified atom stereocenters. The minimum absolute atomic E-state index is 0.376. The van der Waals surface area contributed by atoms with Crippen molar-refractivity contribution in [1.29, 1.82) is 0 Å². The zero-order chi connectivity index (χ0) is 17.0. The van der Waals surface area contributed by atoms with Gasteiger partial charge in [-0.2, -0.15) is 13.2 Å². The van der Waals surface area contributed by atoms with E-state index in [1.54, 1.807) is 30.3 Å². The lowest BCUT2D eigenvalue weighted by molar-refractivity contribution is -0.137. The molecule has 3 rings (SSSR count). The van der Waals surface area contributed by atoms with E-state index in [9.17, 15) is 13.2 Å². The van der Waals surface area contributed by atoms with Crippen molar-refractivity contribution in [2.24, 2.45) is 0 Å². The molecule has 0 fully saturated rings. The summed E-state index contributed by atoms with van der Waals surface area (Å²) in [5.74, 6) is 1.37. The summed E-state index contributed by atoms with van der Waals surface area (Å²) in [4.78, 5) is 0. The van der Waals surface area contributed by atoms with Gasteiger partial charge < -0.3 is 10.1 Å². The fourth-order valence-corrected chi connectivity index (χ4v) is 2.17. The van der Waals surface area contributed by atoms with E-state index in [1.807, 2.05) is 30.3 Å². The zero-order valence-electron chi connectivity index (χ0n) is 12.5. The van der Waals surface area contributed by atoms with Crippen molar-refractivity contribution in [3.63, 3.8) is 0 Å². The highest BCUT2D eigenvalue weighted by Gasteiger charge is 2.30. The van der Waals surface area contributed by atoms with Gasteiger partial charge in [0.2, 0.25) is 0 Å². The molecule has 1 N–H and O–H groups in total. The molecule has 0 aliphatic carbocycles. The first-order chi connectivity index (χ1) is 11.5. The minimum Gasteiger partial charge on any atom is -0.457 e. The first-order valence-corrected chi connectivity index (χ1v) is 7.28. The quantitative estimate of drug-likeness (QED) is 0.611. The molecule has 0 bridgehead atoms. The lowest BCUT2D eigenvalue weighted by Gasteiger charge is -2.11. The van der Waals surface area contributed by atoms with Gasteiger partial charge in [0.25, 0.3) is 0 Å². The molecule has 0 aromatic heterocycles. The second-order valence-electron chi connectivity index (χ2n) is 5.14. The molecule has 0 aliphatic heterocycles. The Morgan fingerprint density at radius 2 is 1.33 bits per heavy atom. The third-order valence-electron chi connectivity index (χ3n) is 3.31. The SMILES string of the molecule is FC(F)(F)c1cccc(Nc2ccc(Oc3ccccc3)cc2)c1. The van der Waals surface area contributed by atoms with E-state index in [-0.39, 0.29) is 0 Å². The Hall–Kier alpha value is -2.95. The molecular weight excluding hydrogens is 315 g/mol. The average Bonchev–Trinajstić information content (AvgIpc) is 2.57. The van der Waals surface area contributed by atoms with E-state index in [1.165, 1.54) is 6.07 Å². The molecule has 122 valence electrons. The van der Waals surface area contributed by atoms with Gasteiger partial charge in [0.05, 0.1) is 5.56 Å². The summed E-state index contributed by atoms with van der Waals surface area (Å²) in [6.07, 6.45) is -4.36. The van der Waals surface area contributed by atoms with Crippen LogP contribution in [0.3, 0.4) is 0 Å². The summed E-state index contributed by atoms with van der Waals surface area (Å²) in [6.45, 7) is 0. The Morgan fingerprint density at radius 1 is 0.667 bits per heavy atom. The van der Waals surface area contributed by atoms with Crippen LogP contribution in [-0.2, 0) is 6.18 Å². The summed E-state index contributed by atoms with van der Waals surface area (Å²) in [5, 5.41) is 2.95. The highest BCUT2D eigenvalue weighted by Crippen LogP contribution is 2.31. The molecule has 3 aromatic rings. The van der Waals surface area contributed by atoms with Crippen LogP contribution in [0.5, 0.6) is 11.5 Å². The fourth-order valence-electron chi connectivity index (χ4n) is 2.17. The molecule has 0 saturated carbocycles. The zero-order valence-corrected chi connectivity index (χ0v) is 12.5. The molecule has 0 saturated heterocycles. The van der Waals surface area contributed by atoms with Crippen LogP contribution in [0.15, 0.2) is 78.9 Å². The standard InChI is InChI=1S/C19H14F3NO/c20-19(21,22)14-5-4-6-16(13-14)23-15-9-11-18(12-10-15)24-17-7-2-1-3-8-17/h1-13,23H. The van der Waals surface area contributed by atoms with E-state index in [4.69, 9.17) is 4.74 Å². The van der Waals surface area contributed by atoms with E-state index in [0.717, 1.165) is 17.9 Å². The van der Waals surface area contributed by atoms with Crippen molar-refractivity contribution in [1.82, 2.24) is 0 Å². The number of ether oxygens (including phenoxy) is 1. The predicted octanol–water partition coefficient (Wildman–Crippen LogP) is 6.24. The molecule has 0 heterocycles. The van der Waals surface area contributed by atoms with Crippen LogP contribution >= 0.6 is 0 Å². The Balaban J connectivity index is 1.70. The van der Waals surface area contributed by atoms with Crippen LogP contribution in [0.25, 0.3) is 0 Å². The Kier molecular flexibility index (Phi) is 4.42. The first-order valence-electron chi connectivity index (χ1n) is 7.28. The van der Waals surface area contributed by atoms with Crippen molar-refractivity contribution in [2.45, 2.75) is 6.18 Å². The van der Waals surface area contributed by atoms with Crippen LogP contribution in [0.2, 0.25) is 0 Å². The number of anilines is 2. The Bertz CT molecular complexity index is 799. The summed E-state index contributed by atoms with van der Waals surface area (Å²) in [6, 6.07) is 21.4. The fraction of sp³-hybridized carbons (Fsp3) is 0.0526. The second kappa shape index (κ2) is 6.66. The van der Waals surface area contributed by atoms with Crippen LogP contribution in [-0.4, -0.2) is 0 Å². The summed E-state index contributed by atoms with van der Waals surface area (Å²) in [5.41, 5.74) is 0.368. The Morgan fingerprint density at radius 3 is 2.00 bits per heavy atom. The van der Waals surface area contributed by atoms with Crippen LogP contribution in [0.1, 0.15) is 5.56 Å². The van der Waals surface area contributed by atoms with Gasteiger partial charge in [-0.05, 0) is 54.6 Å². The maximum atomic E-state index is 12.7. The third kappa shape index (κ3) is 4.07. The van der Waals surface area contributed by atoms with Gasteiger partial charge in [0, 0.05) is 11.4 Å². The number of hydrogen-bond acceptors (Lipinski definition) is 2. The smallest absolute Gasteiger partial charge is 0.416 e. The molecule has 5 heteroatoms. The average molecular weight is 329 g/mol. The van der Waals surface area contributed by atoms with Crippen molar-refractivity contribution < 1.29 is 17.9 Å². The monoisotopic (exact) mass is 329 g/mol. The van der Waals surface area contributed by atoms with E-state index >= 15 is 0 Å².